The van der Waals surface area contributed by atoms with Crippen molar-refractivity contribution in [3.63, 3.8) is 0 Å². The summed E-state index contributed by atoms with van der Waals surface area (Å²) >= 11 is 0. The largest absolute Gasteiger partial charge is 0.380 e. The van der Waals surface area contributed by atoms with Gasteiger partial charge in [0.1, 0.15) is 0 Å². The number of benzene rings is 1. The van der Waals surface area contributed by atoms with Crippen molar-refractivity contribution in [2.45, 2.75) is 19.6 Å². The smallest absolute Gasteiger partial charge is 0.253 e. The van der Waals surface area contributed by atoms with E-state index in [1.165, 1.54) is 0 Å². The Labute approximate surface area is 108 Å². The van der Waals surface area contributed by atoms with Crippen LogP contribution in [-0.2, 0) is 11.3 Å². The average Bonchev–Trinajstić information content (AvgIpc) is 2.39. The highest BCUT2D eigenvalue weighted by molar-refractivity contribution is 5.94. The van der Waals surface area contributed by atoms with Crippen LogP contribution in [0.1, 0.15) is 22.8 Å². The molecule has 1 unspecified atom stereocenters. The number of methoxy groups -OCH3 is 1. The summed E-state index contributed by atoms with van der Waals surface area (Å²) in [5.41, 5.74) is 1.78. The lowest BCUT2D eigenvalue weighted by atomic mass is 10.1. The SMILES string of the molecule is COCc1cccc(C(=O)N2CCNC(C)C2)c1. The molecule has 0 spiro atoms. The fourth-order valence-electron chi connectivity index (χ4n) is 2.26. The summed E-state index contributed by atoms with van der Waals surface area (Å²) < 4.78 is 5.09. The summed E-state index contributed by atoms with van der Waals surface area (Å²) in [4.78, 5) is 14.3. The monoisotopic (exact) mass is 248 g/mol. The highest BCUT2D eigenvalue weighted by Gasteiger charge is 2.21. The molecule has 4 heteroatoms. The molecule has 18 heavy (non-hydrogen) atoms. The molecule has 1 N–H and O–H groups in total. The first-order valence-electron chi connectivity index (χ1n) is 6.31. The van der Waals surface area contributed by atoms with Crippen molar-refractivity contribution in [3.05, 3.63) is 35.4 Å². The molecule has 1 aromatic carbocycles. The van der Waals surface area contributed by atoms with Gasteiger partial charge in [0.2, 0.25) is 0 Å². The minimum Gasteiger partial charge on any atom is -0.380 e. The lowest BCUT2D eigenvalue weighted by Crippen LogP contribution is -2.51. The van der Waals surface area contributed by atoms with Gasteiger partial charge in [-0.15, -0.1) is 0 Å². The average molecular weight is 248 g/mol. The van der Waals surface area contributed by atoms with Gasteiger partial charge in [-0.25, -0.2) is 0 Å². The molecule has 0 saturated carbocycles. The van der Waals surface area contributed by atoms with Gasteiger partial charge in [0.05, 0.1) is 6.61 Å². The molecule has 4 nitrogen and oxygen atoms in total. The number of amides is 1. The van der Waals surface area contributed by atoms with E-state index in [0.717, 1.165) is 30.8 Å². The molecule has 1 fully saturated rings. The molecule has 1 aliphatic rings. The molecule has 1 saturated heterocycles. The maximum Gasteiger partial charge on any atom is 0.253 e. The van der Waals surface area contributed by atoms with Gasteiger partial charge in [-0.3, -0.25) is 4.79 Å². The topological polar surface area (TPSA) is 41.6 Å². The van der Waals surface area contributed by atoms with Gasteiger partial charge in [0, 0.05) is 38.3 Å². The second kappa shape index (κ2) is 5.98. The minimum atomic E-state index is 0.112. The van der Waals surface area contributed by atoms with E-state index in [1.807, 2.05) is 29.2 Å². The first-order valence-corrected chi connectivity index (χ1v) is 6.31. The summed E-state index contributed by atoms with van der Waals surface area (Å²) in [5, 5.41) is 3.34. The van der Waals surface area contributed by atoms with E-state index in [0.29, 0.717) is 12.6 Å². The van der Waals surface area contributed by atoms with Gasteiger partial charge in [-0.05, 0) is 24.6 Å². The maximum atomic E-state index is 12.4. The van der Waals surface area contributed by atoms with E-state index < -0.39 is 0 Å². The number of hydrogen-bond donors (Lipinski definition) is 1. The second-order valence-corrected chi connectivity index (χ2v) is 4.74. The quantitative estimate of drug-likeness (QED) is 0.876. The summed E-state index contributed by atoms with van der Waals surface area (Å²) in [7, 11) is 1.66. The molecule has 0 aromatic heterocycles. The van der Waals surface area contributed by atoms with Gasteiger partial charge < -0.3 is 15.0 Å². The fourth-order valence-corrected chi connectivity index (χ4v) is 2.26. The maximum absolute atomic E-state index is 12.4. The number of nitrogens with zero attached hydrogens (tertiary/aromatic N) is 1. The number of nitrogens with one attached hydrogen (secondary N) is 1. The Bertz CT molecular complexity index is 420. The third-order valence-corrected chi connectivity index (χ3v) is 3.14. The third-order valence-electron chi connectivity index (χ3n) is 3.14. The zero-order valence-electron chi connectivity index (χ0n) is 11.0. The number of rotatable bonds is 3. The highest BCUT2D eigenvalue weighted by atomic mass is 16.5. The van der Waals surface area contributed by atoms with Crippen molar-refractivity contribution < 1.29 is 9.53 Å². The van der Waals surface area contributed by atoms with Crippen LogP contribution in [0.5, 0.6) is 0 Å². The van der Waals surface area contributed by atoms with Gasteiger partial charge in [-0.1, -0.05) is 12.1 Å². The van der Waals surface area contributed by atoms with Crippen LogP contribution in [0.4, 0.5) is 0 Å². The van der Waals surface area contributed by atoms with Crippen LogP contribution < -0.4 is 5.32 Å². The van der Waals surface area contributed by atoms with E-state index in [-0.39, 0.29) is 5.91 Å². The Morgan fingerprint density at radius 1 is 1.56 bits per heavy atom. The standard InChI is InChI=1S/C14H20N2O2/c1-11-9-16(7-6-15-11)14(17)13-5-3-4-12(8-13)10-18-2/h3-5,8,11,15H,6-7,9-10H2,1-2H3. The van der Waals surface area contributed by atoms with Crippen LogP contribution in [0.3, 0.4) is 0 Å². The Balaban J connectivity index is 2.10. The highest BCUT2D eigenvalue weighted by Crippen LogP contribution is 2.11. The van der Waals surface area contributed by atoms with Crippen molar-refractivity contribution in [3.8, 4) is 0 Å². The second-order valence-electron chi connectivity index (χ2n) is 4.74. The van der Waals surface area contributed by atoms with Gasteiger partial charge in [0.15, 0.2) is 0 Å². The van der Waals surface area contributed by atoms with Gasteiger partial charge >= 0.3 is 0 Å². The van der Waals surface area contributed by atoms with Crippen LogP contribution in [0.2, 0.25) is 0 Å². The van der Waals surface area contributed by atoms with Crippen molar-refractivity contribution >= 4 is 5.91 Å². The lowest BCUT2D eigenvalue weighted by Gasteiger charge is -2.32. The number of ether oxygens (including phenoxy) is 1. The third kappa shape index (κ3) is 3.09. The molecule has 1 heterocycles. The molecule has 98 valence electrons. The molecule has 0 bridgehead atoms. The van der Waals surface area contributed by atoms with Gasteiger partial charge in [-0.2, -0.15) is 0 Å². The van der Waals surface area contributed by atoms with E-state index in [9.17, 15) is 4.79 Å². The lowest BCUT2D eigenvalue weighted by molar-refractivity contribution is 0.0709. The van der Waals surface area contributed by atoms with Crippen molar-refractivity contribution in [2.24, 2.45) is 0 Å². The number of piperazine rings is 1. The fraction of sp³-hybridized carbons (Fsp3) is 0.500. The normalized spacial score (nSPS) is 19.9. The molecular formula is C14H20N2O2. The Morgan fingerprint density at radius 2 is 2.39 bits per heavy atom. The van der Waals surface area contributed by atoms with Gasteiger partial charge in [0.25, 0.3) is 5.91 Å². The minimum absolute atomic E-state index is 0.112. The molecule has 1 atom stereocenters. The molecule has 0 radical (unpaired) electrons. The molecule has 2 rings (SSSR count). The van der Waals surface area contributed by atoms with E-state index in [2.05, 4.69) is 12.2 Å². The Morgan fingerprint density at radius 3 is 3.11 bits per heavy atom. The van der Waals surface area contributed by atoms with Crippen molar-refractivity contribution in [2.75, 3.05) is 26.7 Å². The summed E-state index contributed by atoms with van der Waals surface area (Å²) in [6.45, 7) is 5.05. The van der Waals surface area contributed by atoms with Crippen LogP contribution in [0.25, 0.3) is 0 Å². The Hall–Kier alpha value is -1.39. The van der Waals surface area contributed by atoms with Crippen LogP contribution in [-0.4, -0.2) is 43.6 Å². The summed E-state index contributed by atoms with van der Waals surface area (Å²) in [5.74, 6) is 0.112. The number of carbonyl (C=O) groups is 1. The van der Waals surface area contributed by atoms with Crippen molar-refractivity contribution in [1.29, 1.82) is 0 Å². The van der Waals surface area contributed by atoms with E-state index >= 15 is 0 Å². The molecule has 1 aromatic rings. The van der Waals surface area contributed by atoms with Crippen LogP contribution in [0, 0.1) is 0 Å². The summed E-state index contributed by atoms with van der Waals surface area (Å²) in [6.07, 6.45) is 0. The summed E-state index contributed by atoms with van der Waals surface area (Å²) in [6, 6.07) is 8.03. The van der Waals surface area contributed by atoms with Crippen molar-refractivity contribution in [1.82, 2.24) is 10.2 Å². The first kappa shape index (κ1) is 13.1. The number of hydrogen-bond acceptors (Lipinski definition) is 3. The molecular weight excluding hydrogens is 228 g/mol. The zero-order valence-corrected chi connectivity index (χ0v) is 11.0. The first-order chi connectivity index (χ1) is 8.70. The predicted molar refractivity (Wildman–Crippen MR) is 70.5 cm³/mol. The molecule has 1 aliphatic heterocycles. The van der Waals surface area contributed by atoms with E-state index in [1.54, 1.807) is 7.11 Å². The van der Waals surface area contributed by atoms with Crippen LogP contribution in [0.15, 0.2) is 24.3 Å². The zero-order chi connectivity index (χ0) is 13.0. The number of carbonyl (C=O) groups excluding carboxylic acids is 1. The molecule has 1 amide bonds. The van der Waals surface area contributed by atoms with Crippen LogP contribution >= 0.6 is 0 Å². The Kier molecular flexibility index (Phi) is 4.33. The van der Waals surface area contributed by atoms with E-state index in [4.69, 9.17) is 4.74 Å². The predicted octanol–water partition coefficient (Wildman–Crippen LogP) is 1.27. The molecule has 0 aliphatic carbocycles.